The van der Waals surface area contributed by atoms with Gasteiger partial charge in [-0.25, -0.2) is 4.79 Å². The summed E-state index contributed by atoms with van der Waals surface area (Å²) < 4.78 is 7.15. The highest BCUT2D eigenvalue weighted by molar-refractivity contribution is 5.88. The van der Waals surface area contributed by atoms with Gasteiger partial charge in [-0.3, -0.25) is 14.9 Å². The maximum absolute atomic E-state index is 12.5. The highest BCUT2D eigenvalue weighted by atomic mass is 16.5. The van der Waals surface area contributed by atoms with Crippen LogP contribution in [0, 0.1) is 5.92 Å². The van der Waals surface area contributed by atoms with Crippen LogP contribution in [-0.2, 0) is 18.2 Å². The number of rotatable bonds is 5. The number of anilines is 1. The van der Waals surface area contributed by atoms with Crippen molar-refractivity contribution in [2.45, 2.75) is 26.2 Å². The van der Waals surface area contributed by atoms with Gasteiger partial charge in [-0.15, -0.1) is 0 Å². The van der Waals surface area contributed by atoms with Crippen LogP contribution in [0.15, 0.2) is 6.07 Å². The third-order valence-corrected chi connectivity index (χ3v) is 4.86. The molecule has 2 aliphatic rings. The molecule has 134 valence electrons. The lowest BCUT2D eigenvalue weighted by atomic mass is 10.1. The first kappa shape index (κ1) is 17.2. The minimum absolute atomic E-state index is 0.00877. The van der Waals surface area contributed by atoms with Crippen LogP contribution in [0.2, 0.25) is 0 Å². The van der Waals surface area contributed by atoms with Gasteiger partial charge in [-0.2, -0.15) is 5.10 Å². The molecule has 1 N–H and O–H groups in total. The lowest BCUT2D eigenvalue weighted by Crippen LogP contribution is -2.40. The standard InChI is InChI=1S/C17H29N5O2/c1-3-4-15-11-16(20(2)19-15)18-17(23)22-6-5-14(13-22)12-21-7-9-24-10-8-21/h11,14H,3-10,12-13H2,1-2H3,(H,18,23)/t14-/m1/s1. The molecule has 0 unspecified atom stereocenters. The van der Waals surface area contributed by atoms with Crippen LogP contribution < -0.4 is 5.32 Å². The van der Waals surface area contributed by atoms with Gasteiger partial charge in [0.15, 0.2) is 0 Å². The molecule has 0 radical (unpaired) electrons. The molecule has 1 aromatic rings. The molecule has 24 heavy (non-hydrogen) atoms. The summed E-state index contributed by atoms with van der Waals surface area (Å²) in [6, 6.07) is 1.97. The third-order valence-electron chi connectivity index (χ3n) is 4.86. The van der Waals surface area contributed by atoms with Crippen LogP contribution in [0.25, 0.3) is 0 Å². The Bertz CT molecular complexity index is 553. The molecule has 2 fully saturated rings. The number of hydrogen-bond donors (Lipinski definition) is 1. The van der Waals surface area contributed by atoms with E-state index in [2.05, 4.69) is 22.2 Å². The molecule has 0 bridgehead atoms. The fraction of sp³-hybridized carbons (Fsp3) is 0.765. The maximum Gasteiger partial charge on any atom is 0.323 e. The minimum atomic E-state index is -0.00877. The molecule has 1 aromatic heterocycles. The molecule has 3 heterocycles. The summed E-state index contributed by atoms with van der Waals surface area (Å²) >= 11 is 0. The van der Waals surface area contributed by atoms with Crippen molar-refractivity contribution in [2.24, 2.45) is 13.0 Å². The number of aryl methyl sites for hydroxylation is 2. The van der Waals surface area contributed by atoms with E-state index < -0.39 is 0 Å². The molecule has 0 aromatic carbocycles. The SMILES string of the molecule is CCCc1cc(NC(=O)N2CC[C@H](CN3CCOCC3)C2)n(C)n1. The molecule has 7 nitrogen and oxygen atoms in total. The number of nitrogens with one attached hydrogen (secondary N) is 1. The molecule has 1 atom stereocenters. The zero-order chi connectivity index (χ0) is 16.9. The average Bonchev–Trinajstić information content (AvgIpc) is 3.16. The molecule has 0 aliphatic carbocycles. The van der Waals surface area contributed by atoms with E-state index in [1.165, 1.54) is 0 Å². The van der Waals surface area contributed by atoms with Gasteiger partial charge in [0.25, 0.3) is 0 Å². The van der Waals surface area contributed by atoms with Crippen molar-refractivity contribution in [2.75, 3.05) is 51.3 Å². The van der Waals surface area contributed by atoms with Gasteiger partial charge in [0.2, 0.25) is 0 Å². The number of aromatic nitrogens is 2. The van der Waals surface area contributed by atoms with Crippen LogP contribution in [0.5, 0.6) is 0 Å². The van der Waals surface area contributed by atoms with Crippen molar-refractivity contribution in [1.29, 1.82) is 0 Å². The summed E-state index contributed by atoms with van der Waals surface area (Å²) in [5, 5.41) is 7.45. The number of ether oxygens (including phenoxy) is 1. The molecule has 0 saturated carbocycles. The van der Waals surface area contributed by atoms with Crippen molar-refractivity contribution in [3.05, 3.63) is 11.8 Å². The monoisotopic (exact) mass is 335 g/mol. The van der Waals surface area contributed by atoms with Crippen molar-refractivity contribution < 1.29 is 9.53 Å². The van der Waals surface area contributed by atoms with Crippen molar-refractivity contribution >= 4 is 11.8 Å². The van der Waals surface area contributed by atoms with Gasteiger partial charge in [0, 0.05) is 45.8 Å². The number of urea groups is 1. The number of carbonyl (C=O) groups excluding carboxylic acids is 1. The summed E-state index contributed by atoms with van der Waals surface area (Å²) in [4.78, 5) is 16.9. The Morgan fingerprint density at radius 2 is 2.17 bits per heavy atom. The first-order valence-electron chi connectivity index (χ1n) is 9.04. The Morgan fingerprint density at radius 1 is 1.38 bits per heavy atom. The first-order chi connectivity index (χ1) is 11.7. The number of likely N-dealkylation sites (tertiary alicyclic amines) is 1. The van der Waals surface area contributed by atoms with Crippen LogP contribution in [0.3, 0.4) is 0 Å². The first-order valence-corrected chi connectivity index (χ1v) is 9.04. The van der Waals surface area contributed by atoms with E-state index >= 15 is 0 Å². The Kier molecular flexibility index (Phi) is 5.73. The summed E-state index contributed by atoms with van der Waals surface area (Å²) in [5.41, 5.74) is 1.03. The number of amides is 2. The number of morpholine rings is 1. The maximum atomic E-state index is 12.5. The Hall–Kier alpha value is -1.60. The topological polar surface area (TPSA) is 62.6 Å². The second-order valence-electron chi connectivity index (χ2n) is 6.84. The van der Waals surface area contributed by atoms with Crippen molar-refractivity contribution in [3.8, 4) is 0 Å². The Labute approximate surface area is 143 Å². The predicted octanol–water partition coefficient (Wildman–Crippen LogP) is 1.56. The molecular formula is C17H29N5O2. The van der Waals surface area contributed by atoms with Crippen molar-refractivity contribution in [3.63, 3.8) is 0 Å². The van der Waals surface area contributed by atoms with Crippen LogP contribution in [-0.4, -0.2) is 71.5 Å². The second kappa shape index (κ2) is 7.98. The number of nitrogens with zero attached hydrogens (tertiary/aromatic N) is 4. The predicted molar refractivity (Wildman–Crippen MR) is 93.2 cm³/mol. The second-order valence-corrected chi connectivity index (χ2v) is 6.84. The van der Waals surface area contributed by atoms with Gasteiger partial charge >= 0.3 is 6.03 Å². The highest BCUT2D eigenvalue weighted by Crippen LogP contribution is 2.20. The number of carbonyl (C=O) groups is 1. The largest absolute Gasteiger partial charge is 0.379 e. The van der Waals surface area contributed by atoms with Gasteiger partial charge in [0.1, 0.15) is 5.82 Å². The van der Waals surface area contributed by atoms with Gasteiger partial charge in [-0.1, -0.05) is 13.3 Å². The van der Waals surface area contributed by atoms with Crippen LogP contribution in [0.4, 0.5) is 10.6 Å². The molecule has 2 aliphatic heterocycles. The van der Waals surface area contributed by atoms with Gasteiger partial charge < -0.3 is 9.64 Å². The lowest BCUT2D eigenvalue weighted by molar-refractivity contribution is 0.0314. The molecule has 3 rings (SSSR count). The van der Waals surface area contributed by atoms with E-state index in [9.17, 15) is 4.79 Å². The zero-order valence-electron chi connectivity index (χ0n) is 14.8. The quantitative estimate of drug-likeness (QED) is 0.887. The lowest BCUT2D eigenvalue weighted by Gasteiger charge is -2.29. The van der Waals surface area contributed by atoms with E-state index in [4.69, 9.17) is 4.74 Å². The zero-order valence-corrected chi connectivity index (χ0v) is 14.8. The number of hydrogen-bond acceptors (Lipinski definition) is 4. The van der Waals surface area contributed by atoms with Gasteiger partial charge in [-0.05, 0) is 18.8 Å². The molecule has 2 saturated heterocycles. The van der Waals surface area contributed by atoms with E-state index in [1.807, 2.05) is 18.0 Å². The summed E-state index contributed by atoms with van der Waals surface area (Å²) in [6.07, 6.45) is 3.08. The van der Waals surface area contributed by atoms with E-state index in [0.717, 1.165) is 76.7 Å². The summed E-state index contributed by atoms with van der Waals surface area (Å²) in [7, 11) is 1.87. The van der Waals surface area contributed by atoms with Crippen LogP contribution >= 0.6 is 0 Å². The minimum Gasteiger partial charge on any atom is -0.379 e. The Morgan fingerprint density at radius 3 is 2.92 bits per heavy atom. The van der Waals surface area contributed by atoms with Gasteiger partial charge in [0.05, 0.1) is 18.9 Å². The molecule has 2 amide bonds. The summed E-state index contributed by atoms with van der Waals surface area (Å²) in [6.45, 7) is 8.56. The Balaban J connectivity index is 1.49. The molecular weight excluding hydrogens is 306 g/mol. The normalized spacial score (nSPS) is 22.1. The third kappa shape index (κ3) is 4.27. The fourth-order valence-electron chi connectivity index (χ4n) is 3.53. The van der Waals surface area contributed by atoms with Crippen LogP contribution in [0.1, 0.15) is 25.5 Å². The van der Waals surface area contributed by atoms with Crippen molar-refractivity contribution in [1.82, 2.24) is 19.6 Å². The van der Waals surface area contributed by atoms with E-state index in [0.29, 0.717) is 5.92 Å². The van der Waals surface area contributed by atoms with E-state index in [1.54, 1.807) is 4.68 Å². The highest BCUT2D eigenvalue weighted by Gasteiger charge is 2.28. The molecule has 0 spiro atoms. The van der Waals surface area contributed by atoms with E-state index in [-0.39, 0.29) is 6.03 Å². The smallest absolute Gasteiger partial charge is 0.323 e. The fourth-order valence-corrected chi connectivity index (χ4v) is 3.53. The summed E-state index contributed by atoms with van der Waals surface area (Å²) in [5.74, 6) is 1.34. The molecule has 7 heteroatoms. The average molecular weight is 335 g/mol.